The van der Waals surface area contributed by atoms with Crippen LogP contribution in [-0.2, 0) is 16.0 Å². The predicted molar refractivity (Wildman–Crippen MR) is 79.8 cm³/mol. The molecule has 0 bridgehead atoms. The normalized spacial score (nSPS) is 10.8. The van der Waals surface area contributed by atoms with Gasteiger partial charge in [-0.15, -0.1) is 0 Å². The fraction of sp³-hybridized carbons (Fsp3) is 0.375. The van der Waals surface area contributed by atoms with Gasteiger partial charge in [0.2, 0.25) is 0 Å². The summed E-state index contributed by atoms with van der Waals surface area (Å²) in [6.45, 7) is 8.87. The number of ketones is 1. The molecule has 1 aromatic rings. The number of rotatable bonds is 5. The van der Waals surface area contributed by atoms with Gasteiger partial charge in [0.05, 0.1) is 0 Å². The lowest BCUT2D eigenvalue weighted by Gasteiger charge is -2.19. The molecule has 0 fully saturated rings. The van der Waals surface area contributed by atoms with E-state index in [4.69, 9.17) is 4.74 Å². The Labute approximate surface area is 119 Å². The smallest absolute Gasteiger partial charge is 0.412 e. The van der Waals surface area contributed by atoms with Crippen LogP contribution in [0.2, 0.25) is 0 Å². The standard InChI is InChI=1S/C16H21NO3/c1-5-14(18)10-9-12-7-6-8-13(11-12)17-15(19)20-16(2,3)4/h5-8,11H,1,9-10H2,2-4H3,(H,17,19). The number of allylic oxidation sites excluding steroid dienone is 1. The molecule has 1 amide bonds. The maximum atomic E-state index is 11.7. The molecule has 1 N–H and O–H groups in total. The Balaban J connectivity index is 2.61. The summed E-state index contributed by atoms with van der Waals surface area (Å²) in [5.41, 5.74) is 1.11. The van der Waals surface area contributed by atoms with Crippen LogP contribution in [0.3, 0.4) is 0 Å². The van der Waals surface area contributed by atoms with Crippen LogP contribution < -0.4 is 5.32 Å². The van der Waals surface area contributed by atoms with Crippen LogP contribution in [-0.4, -0.2) is 17.5 Å². The molecule has 4 heteroatoms. The van der Waals surface area contributed by atoms with Crippen LogP contribution in [0.25, 0.3) is 0 Å². The van der Waals surface area contributed by atoms with Crippen molar-refractivity contribution in [3.63, 3.8) is 0 Å². The molecule has 0 aliphatic heterocycles. The lowest BCUT2D eigenvalue weighted by Crippen LogP contribution is -2.27. The highest BCUT2D eigenvalue weighted by atomic mass is 16.6. The maximum Gasteiger partial charge on any atom is 0.412 e. The predicted octanol–water partition coefficient (Wildman–Crippen LogP) is 3.72. The molecule has 0 saturated carbocycles. The molecule has 0 heterocycles. The summed E-state index contributed by atoms with van der Waals surface area (Å²) in [4.78, 5) is 22.8. The Morgan fingerprint density at radius 2 is 2.05 bits per heavy atom. The maximum absolute atomic E-state index is 11.7. The number of nitrogens with one attached hydrogen (secondary N) is 1. The third-order valence-electron chi connectivity index (χ3n) is 2.46. The largest absolute Gasteiger partial charge is 0.444 e. The number of anilines is 1. The van der Waals surface area contributed by atoms with E-state index in [0.29, 0.717) is 18.5 Å². The molecule has 4 nitrogen and oxygen atoms in total. The molecule has 0 radical (unpaired) electrons. The van der Waals surface area contributed by atoms with Gasteiger partial charge in [0, 0.05) is 12.1 Å². The third-order valence-corrected chi connectivity index (χ3v) is 2.46. The molecule has 0 saturated heterocycles. The highest BCUT2D eigenvalue weighted by molar-refractivity contribution is 5.89. The topological polar surface area (TPSA) is 55.4 Å². The number of carbonyl (C=O) groups is 2. The average Bonchev–Trinajstić information content (AvgIpc) is 2.34. The Bertz CT molecular complexity index is 501. The summed E-state index contributed by atoms with van der Waals surface area (Å²) >= 11 is 0. The lowest BCUT2D eigenvalue weighted by molar-refractivity contribution is -0.114. The summed E-state index contributed by atoms with van der Waals surface area (Å²) in [6, 6.07) is 7.36. The fourth-order valence-corrected chi connectivity index (χ4v) is 1.60. The Kier molecular flexibility index (Phi) is 5.50. The van der Waals surface area contributed by atoms with Crippen LogP contribution in [0.1, 0.15) is 32.8 Å². The van der Waals surface area contributed by atoms with Crippen molar-refractivity contribution in [3.8, 4) is 0 Å². The second-order valence-corrected chi connectivity index (χ2v) is 5.50. The van der Waals surface area contributed by atoms with Gasteiger partial charge in [-0.1, -0.05) is 18.7 Å². The van der Waals surface area contributed by atoms with Crippen LogP contribution in [0.15, 0.2) is 36.9 Å². The third kappa shape index (κ3) is 6.18. The monoisotopic (exact) mass is 275 g/mol. The van der Waals surface area contributed by atoms with Crippen molar-refractivity contribution in [2.75, 3.05) is 5.32 Å². The highest BCUT2D eigenvalue weighted by Crippen LogP contribution is 2.14. The average molecular weight is 275 g/mol. The van der Waals surface area contributed by atoms with Crippen molar-refractivity contribution in [1.29, 1.82) is 0 Å². The number of carbonyl (C=O) groups excluding carboxylic acids is 2. The number of aryl methyl sites for hydroxylation is 1. The van der Waals surface area contributed by atoms with E-state index in [1.165, 1.54) is 6.08 Å². The quantitative estimate of drug-likeness (QED) is 0.833. The van der Waals surface area contributed by atoms with Gasteiger partial charge in [-0.05, 0) is 51.0 Å². The first-order valence-corrected chi connectivity index (χ1v) is 6.54. The van der Waals surface area contributed by atoms with E-state index in [-0.39, 0.29) is 5.78 Å². The zero-order valence-corrected chi connectivity index (χ0v) is 12.2. The van der Waals surface area contributed by atoms with E-state index in [9.17, 15) is 9.59 Å². The Hall–Kier alpha value is -2.10. The molecule has 0 aliphatic carbocycles. The van der Waals surface area contributed by atoms with Gasteiger partial charge in [0.25, 0.3) is 0 Å². The second-order valence-electron chi connectivity index (χ2n) is 5.50. The Morgan fingerprint density at radius 3 is 2.65 bits per heavy atom. The molecule has 0 spiro atoms. The number of ether oxygens (including phenoxy) is 1. The van der Waals surface area contributed by atoms with Crippen molar-refractivity contribution in [3.05, 3.63) is 42.5 Å². The molecule has 1 aromatic carbocycles. The Morgan fingerprint density at radius 1 is 1.35 bits per heavy atom. The molecule has 0 aliphatic rings. The summed E-state index contributed by atoms with van der Waals surface area (Å²) in [5.74, 6) is 0.00973. The van der Waals surface area contributed by atoms with Crippen LogP contribution in [0.4, 0.5) is 10.5 Å². The van der Waals surface area contributed by atoms with Crippen molar-refractivity contribution < 1.29 is 14.3 Å². The number of hydrogen-bond donors (Lipinski definition) is 1. The van der Waals surface area contributed by atoms with Crippen molar-refractivity contribution >= 4 is 17.6 Å². The van der Waals surface area contributed by atoms with Gasteiger partial charge in [-0.25, -0.2) is 4.79 Å². The van der Waals surface area contributed by atoms with Crippen LogP contribution in [0.5, 0.6) is 0 Å². The van der Waals surface area contributed by atoms with E-state index >= 15 is 0 Å². The van der Waals surface area contributed by atoms with Crippen molar-refractivity contribution in [2.45, 2.75) is 39.2 Å². The minimum Gasteiger partial charge on any atom is -0.444 e. The molecule has 0 unspecified atom stereocenters. The molecule has 1 rings (SSSR count). The van der Waals surface area contributed by atoms with E-state index < -0.39 is 11.7 Å². The van der Waals surface area contributed by atoms with E-state index in [0.717, 1.165) is 5.56 Å². The first-order chi connectivity index (χ1) is 9.30. The van der Waals surface area contributed by atoms with Gasteiger partial charge in [0.15, 0.2) is 5.78 Å². The number of benzene rings is 1. The minimum atomic E-state index is -0.530. The van der Waals surface area contributed by atoms with E-state index in [2.05, 4.69) is 11.9 Å². The molecular formula is C16H21NO3. The molecule has 0 atom stereocenters. The summed E-state index contributed by atoms with van der Waals surface area (Å²) in [7, 11) is 0. The van der Waals surface area contributed by atoms with Gasteiger partial charge in [-0.3, -0.25) is 10.1 Å². The SMILES string of the molecule is C=CC(=O)CCc1cccc(NC(=O)OC(C)(C)C)c1. The highest BCUT2D eigenvalue weighted by Gasteiger charge is 2.16. The lowest BCUT2D eigenvalue weighted by atomic mass is 10.1. The van der Waals surface area contributed by atoms with Gasteiger partial charge < -0.3 is 4.74 Å². The minimum absolute atomic E-state index is 0.00973. The number of amides is 1. The molecule has 108 valence electrons. The van der Waals surface area contributed by atoms with Crippen molar-refractivity contribution in [1.82, 2.24) is 0 Å². The number of hydrogen-bond acceptors (Lipinski definition) is 3. The summed E-state index contributed by atoms with van der Waals surface area (Å²) in [5, 5.41) is 2.67. The molecular weight excluding hydrogens is 254 g/mol. The zero-order chi connectivity index (χ0) is 15.2. The van der Waals surface area contributed by atoms with E-state index in [1.807, 2.05) is 39.0 Å². The van der Waals surface area contributed by atoms with Gasteiger partial charge in [-0.2, -0.15) is 0 Å². The van der Waals surface area contributed by atoms with Gasteiger partial charge >= 0.3 is 6.09 Å². The first kappa shape index (κ1) is 16.0. The summed E-state index contributed by atoms with van der Waals surface area (Å²) < 4.78 is 5.18. The summed E-state index contributed by atoms with van der Waals surface area (Å²) in [6.07, 6.45) is 1.87. The molecule has 0 aromatic heterocycles. The second kappa shape index (κ2) is 6.89. The van der Waals surface area contributed by atoms with Crippen molar-refractivity contribution in [2.24, 2.45) is 0 Å². The molecule has 20 heavy (non-hydrogen) atoms. The van der Waals surface area contributed by atoms with E-state index in [1.54, 1.807) is 6.07 Å². The van der Waals surface area contributed by atoms with Crippen LogP contribution >= 0.6 is 0 Å². The van der Waals surface area contributed by atoms with Gasteiger partial charge in [0.1, 0.15) is 5.60 Å². The first-order valence-electron chi connectivity index (χ1n) is 6.54. The zero-order valence-electron chi connectivity index (χ0n) is 12.2. The fourth-order valence-electron chi connectivity index (χ4n) is 1.60. The van der Waals surface area contributed by atoms with Crippen LogP contribution in [0, 0.1) is 0 Å².